The highest BCUT2D eigenvalue weighted by atomic mass is 32.2. The Labute approximate surface area is 137 Å². The predicted molar refractivity (Wildman–Crippen MR) is 88.0 cm³/mol. The summed E-state index contributed by atoms with van der Waals surface area (Å²) in [6, 6.07) is 4.89. The number of carbonyl (C=O) groups excluding carboxylic acids is 1. The SMILES string of the molecule is COc1ccc(CS(=O)(=O)NCC(=O)NCC(C)C)c(OC)c1. The maximum atomic E-state index is 12.1. The van der Waals surface area contributed by atoms with Crippen LogP contribution in [0.3, 0.4) is 0 Å². The van der Waals surface area contributed by atoms with Crippen molar-refractivity contribution >= 4 is 15.9 Å². The molecule has 0 fully saturated rings. The maximum Gasteiger partial charge on any atom is 0.235 e. The van der Waals surface area contributed by atoms with Gasteiger partial charge < -0.3 is 14.8 Å². The summed E-state index contributed by atoms with van der Waals surface area (Å²) in [7, 11) is -0.680. The predicted octanol–water partition coefficient (Wildman–Crippen LogP) is 0.895. The van der Waals surface area contributed by atoms with E-state index < -0.39 is 10.0 Å². The van der Waals surface area contributed by atoms with Gasteiger partial charge in [0.2, 0.25) is 15.9 Å². The Morgan fingerprint density at radius 2 is 1.91 bits per heavy atom. The van der Waals surface area contributed by atoms with Crippen LogP contribution in [0.5, 0.6) is 11.5 Å². The van der Waals surface area contributed by atoms with Crippen molar-refractivity contribution in [3.63, 3.8) is 0 Å². The maximum absolute atomic E-state index is 12.1. The van der Waals surface area contributed by atoms with Crippen LogP contribution in [0.2, 0.25) is 0 Å². The number of ether oxygens (including phenoxy) is 2. The van der Waals surface area contributed by atoms with Crippen molar-refractivity contribution in [2.24, 2.45) is 5.92 Å². The Hall–Kier alpha value is -1.80. The molecule has 0 atom stereocenters. The van der Waals surface area contributed by atoms with Crippen LogP contribution in [0.15, 0.2) is 18.2 Å². The van der Waals surface area contributed by atoms with Crippen LogP contribution >= 0.6 is 0 Å². The third-order valence-electron chi connectivity index (χ3n) is 3.00. The molecule has 1 rings (SSSR count). The fraction of sp³-hybridized carbons (Fsp3) is 0.533. The van der Waals surface area contributed by atoms with E-state index in [4.69, 9.17) is 9.47 Å². The van der Waals surface area contributed by atoms with Gasteiger partial charge in [0.25, 0.3) is 0 Å². The van der Waals surface area contributed by atoms with Gasteiger partial charge in [-0.3, -0.25) is 4.79 Å². The zero-order chi connectivity index (χ0) is 17.5. The monoisotopic (exact) mass is 344 g/mol. The second-order valence-electron chi connectivity index (χ2n) is 5.46. The summed E-state index contributed by atoms with van der Waals surface area (Å²) in [5.41, 5.74) is 0.489. The minimum absolute atomic E-state index is 0.280. The quantitative estimate of drug-likeness (QED) is 0.694. The molecule has 1 aromatic carbocycles. The minimum atomic E-state index is -3.65. The zero-order valence-corrected chi connectivity index (χ0v) is 14.7. The molecule has 0 saturated heterocycles. The van der Waals surface area contributed by atoms with E-state index in [1.165, 1.54) is 14.2 Å². The number of rotatable bonds is 9. The summed E-state index contributed by atoms with van der Waals surface area (Å²) in [5, 5.41) is 2.65. The van der Waals surface area contributed by atoms with Gasteiger partial charge in [0, 0.05) is 18.2 Å². The second-order valence-corrected chi connectivity index (χ2v) is 7.26. The van der Waals surface area contributed by atoms with E-state index in [2.05, 4.69) is 10.0 Å². The Kier molecular flexibility index (Phi) is 7.31. The van der Waals surface area contributed by atoms with Crippen molar-refractivity contribution in [2.45, 2.75) is 19.6 Å². The number of benzene rings is 1. The molecule has 0 aromatic heterocycles. The molecule has 0 aliphatic carbocycles. The Bertz CT molecular complexity index is 629. The second kappa shape index (κ2) is 8.73. The first-order chi connectivity index (χ1) is 10.8. The molecule has 130 valence electrons. The average Bonchev–Trinajstić information content (AvgIpc) is 2.51. The van der Waals surface area contributed by atoms with Crippen molar-refractivity contribution in [1.82, 2.24) is 10.0 Å². The van der Waals surface area contributed by atoms with Crippen LogP contribution in [-0.4, -0.2) is 41.6 Å². The highest BCUT2D eigenvalue weighted by Gasteiger charge is 2.17. The van der Waals surface area contributed by atoms with Gasteiger partial charge >= 0.3 is 0 Å². The highest BCUT2D eigenvalue weighted by molar-refractivity contribution is 7.88. The lowest BCUT2D eigenvalue weighted by molar-refractivity contribution is -0.120. The molecule has 0 spiro atoms. The number of hydrogen-bond acceptors (Lipinski definition) is 5. The average molecular weight is 344 g/mol. The van der Waals surface area contributed by atoms with Crippen molar-refractivity contribution in [2.75, 3.05) is 27.3 Å². The van der Waals surface area contributed by atoms with E-state index in [1.54, 1.807) is 18.2 Å². The lowest BCUT2D eigenvalue weighted by Gasteiger charge is -2.12. The summed E-state index contributed by atoms with van der Waals surface area (Å²) < 4.78 is 36.7. The van der Waals surface area contributed by atoms with Crippen LogP contribution in [0.25, 0.3) is 0 Å². The molecular weight excluding hydrogens is 320 g/mol. The summed E-state index contributed by atoms with van der Waals surface area (Å²) in [6.07, 6.45) is 0. The van der Waals surface area contributed by atoms with Crippen LogP contribution in [0, 0.1) is 5.92 Å². The first-order valence-corrected chi connectivity index (χ1v) is 8.87. The van der Waals surface area contributed by atoms with Crippen molar-refractivity contribution < 1.29 is 22.7 Å². The third-order valence-corrected chi connectivity index (χ3v) is 4.28. The van der Waals surface area contributed by atoms with Crippen LogP contribution in [0.4, 0.5) is 0 Å². The molecule has 0 unspecified atom stereocenters. The molecule has 0 heterocycles. The molecule has 0 aliphatic heterocycles. The summed E-state index contributed by atoms with van der Waals surface area (Å²) in [5.74, 6) is 0.656. The fourth-order valence-corrected chi connectivity index (χ4v) is 2.88. The van der Waals surface area contributed by atoms with E-state index in [1.807, 2.05) is 13.8 Å². The Morgan fingerprint density at radius 1 is 1.22 bits per heavy atom. The largest absolute Gasteiger partial charge is 0.497 e. The molecule has 7 nitrogen and oxygen atoms in total. The zero-order valence-electron chi connectivity index (χ0n) is 13.9. The van der Waals surface area contributed by atoms with Gasteiger partial charge in [-0.15, -0.1) is 0 Å². The third kappa shape index (κ3) is 6.87. The van der Waals surface area contributed by atoms with Gasteiger partial charge in [-0.1, -0.05) is 19.9 Å². The normalized spacial score (nSPS) is 11.3. The lowest BCUT2D eigenvalue weighted by atomic mass is 10.2. The molecule has 1 aromatic rings. The first-order valence-electron chi connectivity index (χ1n) is 7.22. The number of carbonyl (C=O) groups is 1. The van der Waals surface area contributed by atoms with Crippen molar-refractivity contribution in [1.29, 1.82) is 0 Å². The number of hydrogen-bond donors (Lipinski definition) is 2. The smallest absolute Gasteiger partial charge is 0.235 e. The molecular formula is C15H24N2O5S. The first kappa shape index (κ1) is 19.2. The number of nitrogens with one attached hydrogen (secondary N) is 2. The van der Waals surface area contributed by atoms with Crippen LogP contribution in [0.1, 0.15) is 19.4 Å². The van der Waals surface area contributed by atoms with Crippen LogP contribution < -0.4 is 19.5 Å². The molecule has 0 radical (unpaired) electrons. The summed E-state index contributed by atoms with van der Waals surface area (Å²) in [4.78, 5) is 11.6. The van der Waals surface area contributed by atoms with Gasteiger partial charge in [0.15, 0.2) is 0 Å². The van der Waals surface area contributed by atoms with Gasteiger partial charge in [0.1, 0.15) is 11.5 Å². The van der Waals surface area contributed by atoms with Gasteiger partial charge in [-0.05, 0) is 12.0 Å². The standard InChI is InChI=1S/C15H24N2O5S/c1-11(2)8-16-15(18)9-17-23(19,20)10-12-5-6-13(21-3)7-14(12)22-4/h5-7,11,17H,8-10H2,1-4H3,(H,16,18). The topological polar surface area (TPSA) is 93.7 Å². The molecule has 0 saturated carbocycles. The number of sulfonamides is 1. The number of amides is 1. The molecule has 23 heavy (non-hydrogen) atoms. The van der Waals surface area contributed by atoms with Crippen molar-refractivity contribution in [3.8, 4) is 11.5 Å². The summed E-state index contributed by atoms with van der Waals surface area (Å²) >= 11 is 0. The van der Waals surface area contributed by atoms with E-state index >= 15 is 0 Å². The Morgan fingerprint density at radius 3 is 2.48 bits per heavy atom. The van der Waals surface area contributed by atoms with E-state index in [-0.39, 0.29) is 18.2 Å². The van der Waals surface area contributed by atoms with E-state index in [0.717, 1.165) is 0 Å². The lowest BCUT2D eigenvalue weighted by Crippen LogP contribution is -2.38. The van der Waals surface area contributed by atoms with E-state index in [9.17, 15) is 13.2 Å². The molecule has 1 amide bonds. The van der Waals surface area contributed by atoms with Gasteiger partial charge in [-0.2, -0.15) is 0 Å². The van der Waals surface area contributed by atoms with Gasteiger partial charge in [-0.25, -0.2) is 13.1 Å². The van der Waals surface area contributed by atoms with Gasteiger partial charge in [0.05, 0.1) is 26.5 Å². The molecule has 0 aliphatic rings. The fourth-order valence-electron chi connectivity index (χ4n) is 1.78. The molecule has 8 heteroatoms. The molecule has 2 N–H and O–H groups in total. The number of methoxy groups -OCH3 is 2. The van der Waals surface area contributed by atoms with Crippen molar-refractivity contribution in [3.05, 3.63) is 23.8 Å². The highest BCUT2D eigenvalue weighted by Crippen LogP contribution is 2.25. The van der Waals surface area contributed by atoms with Crippen LogP contribution in [-0.2, 0) is 20.6 Å². The minimum Gasteiger partial charge on any atom is -0.497 e. The molecule has 0 bridgehead atoms. The Balaban J connectivity index is 2.66. The summed E-state index contributed by atoms with van der Waals surface area (Å²) in [6.45, 7) is 4.14. The van der Waals surface area contributed by atoms with E-state index in [0.29, 0.717) is 29.5 Å².